The molecule has 132 valence electrons. The maximum Gasteiger partial charge on any atom is 0.292 e. The van der Waals surface area contributed by atoms with Gasteiger partial charge in [0.25, 0.3) is 5.91 Å². The maximum atomic E-state index is 12.3. The number of piperazine rings is 1. The molecule has 8 nitrogen and oxygen atoms in total. The molecule has 0 atom stereocenters. The van der Waals surface area contributed by atoms with Crippen LogP contribution >= 0.6 is 0 Å². The molecule has 2 fully saturated rings. The van der Waals surface area contributed by atoms with Gasteiger partial charge < -0.3 is 19.2 Å². The van der Waals surface area contributed by atoms with E-state index in [9.17, 15) is 4.79 Å². The molecule has 2 aliphatic rings. The number of carbonyl (C=O) groups is 1. The van der Waals surface area contributed by atoms with Crippen molar-refractivity contribution in [2.24, 2.45) is 0 Å². The Kier molecular flexibility index (Phi) is 4.49. The van der Waals surface area contributed by atoms with Crippen molar-refractivity contribution in [3.05, 3.63) is 30.2 Å². The third kappa shape index (κ3) is 3.42. The summed E-state index contributed by atoms with van der Waals surface area (Å²) in [7, 11) is 0. The Hall–Kier alpha value is -2.64. The van der Waals surface area contributed by atoms with Gasteiger partial charge in [-0.3, -0.25) is 4.79 Å². The summed E-state index contributed by atoms with van der Waals surface area (Å²) in [6.07, 6.45) is 5.25. The summed E-state index contributed by atoms with van der Waals surface area (Å²) < 4.78 is 4.95. The molecule has 0 saturated carbocycles. The van der Waals surface area contributed by atoms with Crippen molar-refractivity contribution in [3.8, 4) is 0 Å². The van der Waals surface area contributed by atoms with E-state index in [0.717, 1.165) is 37.8 Å². The lowest BCUT2D eigenvalue weighted by Gasteiger charge is -2.35. The first-order valence-corrected chi connectivity index (χ1v) is 8.85. The van der Waals surface area contributed by atoms with Crippen LogP contribution in [-0.2, 0) is 0 Å². The minimum atomic E-state index is -0.108. The van der Waals surface area contributed by atoms with E-state index in [1.54, 1.807) is 11.0 Å². The number of nitrogens with zero attached hydrogens (tertiary/aromatic N) is 6. The van der Waals surface area contributed by atoms with Crippen LogP contribution in [0, 0.1) is 0 Å². The van der Waals surface area contributed by atoms with Gasteiger partial charge in [0.05, 0.1) is 6.20 Å². The van der Waals surface area contributed by atoms with Crippen LogP contribution in [0.4, 0.5) is 11.6 Å². The van der Waals surface area contributed by atoms with Gasteiger partial charge in [0.1, 0.15) is 0 Å². The van der Waals surface area contributed by atoms with Crippen molar-refractivity contribution in [1.29, 1.82) is 0 Å². The Labute approximate surface area is 146 Å². The second-order valence-corrected chi connectivity index (χ2v) is 6.45. The predicted molar refractivity (Wildman–Crippen MR) is 92.7 cm³/mol. The molecule has 0 spiro atoms. The Morgan fingerprint density at radius 2 is 1.48 bits per heavy atom. The molecule has 2 aromatic rings. The largest absolute Gasteiger partial charge is 0.355 e. The van der Waals surface area contributed by atoms with E-state index in [2.05, 4.69) is 31.2 Å². The van der Waals surface area contributed by atoms with Crippen LogP contribution in [0.1, 0.15) is 29.8 Å². The summed E-state index contributed by atoms with van der Waals surface area (Å²) in [5, 5.41) is 12.4. The van der Waals surface area contributed by atoms with Crippen LogP contribution in [0.5, 0.6) is 0 Å². The average Bonchev–Trinajstić information content (AvgIpc) is 3.23. The van der Waals surface area contributed by atoms with Crippen molar-refractivity contribution >= 4 is 17.5 Å². The monoisotopic (exact) mass is 342 g/mol. The van der Waals surface area contributed by atoms with E-state index in [-0.39, 0.29) is 5.91 Å². The Morgan fingerprint density at radius 1 is 0.840 bits per heavy atom. The van der Waals surface area contributed by atoms with Gasteiger partial charge in [0.2, 0.25) is 5.76 Å². The van der Waals surface area contributed by atoms with E-state index in [0.29, 0.717) is 18.8 Å². The van der Waals surface area contributed by atoms with Gasteiger partial charge >= 0.3 is 0 Å². The number of hydrogen-bond donors (Lipinski definition) is 0. The Morgan fingerprint density at radius 3 is 2.04 bits per heavy atom. The molecule has 0 radical (unpaired) electrons. The van der Waals surface area contributed by atoms with E-state index in [4.69, 9.17) is 4.52 Å². The molecular formula is C17H22N6O2. The van der Waals surface area contributed by atoms with Gasteiger partial charge in [-0.1, -0.05) is 5.16 Å². The Balaban J connectivity index is 1.35. The van der Waals surface area contributed by atoms with E-state index >= 15 is 0 Å². The zero-order valence-electron chi connectivity index (χ0n) is 14.2. The average molecular weight is 342 g/mol. The lowest BCUT2D eigenvalue weighted by molar-refractivity contribution is 0.0704. The number of aromatic nitrogens is 3. The predicted octanol–water partition coefficient (Wildman–Crippen LogP) is 1.42. The summed E-state index contributed by atoms with van der Waals surface area (Å²) in [5.41, 5.74) is 0. The third-order valence-corrected chi connectivity index (χ3v) is 4.86. The molecule has 0 aromatic carbocycles. The number of anilines is 2. The van der Waals surface area contributed by atoms with Crippen molar-refractivity contribution in [2.75, 3.05) is 49.1 Å². The van der Waals surface area contributed by atoms with Crippen LogP contribution in [0.25, 0.3) is 0 Å². The normalized spacial score (nSPS) is 18.5. The highest BCUT2D eigenvalue weighted by molar-refractivity contribution is 5.91. The van der Waals surface area contributed by atoms with Crippen LogP contribution < -0.4 is 9.80 Å². The van der Waals surface area contributed by atoms with Crippen molar-refractivity contribution in [3.63, 3.8) is 0 Å². The number of piperidine rings is 1. The first kappa shape index (κ1) is 15.9. The van der Waals surface area contributed by atoms with Crippen molar-refractivity contribution in [2.45, 2.75) is 19.3 Å². The number of carbonyl (C=O) groups excluding carboxylic acids is 1. The first-order chi connectivity index (χ1) is 12.3. The zero-order chi connectivity index (χ0) is 17.1. The standard InChI is InChI=1S/C17H22N6O2/c24-17(14-6-7-18-25-14)23-12-10-22(11-13-23)16-5-4-15(19-20-16)21-8-2-1-3-9-21/h4-7H,1-3,8-13H2. The summed E-state index contributed by atoms with van der Waals surface area (Å²) in [6.45, 7) is 4.87. The van der Waals surface area contributed by atoms with Gasteiger partial charge in [0, 0.05) is 45.3 Å². The molecule has 4 heterocycles. The maximum absolute atomic E-state index is 12.3. The topological polar surface area (TPSA) is 78.6 Å². The van der Waals surface area contributed by atoms with Gasteiger partial charge in [-0.05, 0) is 31.4 Å². The second kappa shape index (κ2) is 7.08. The number of rotatable bonds is 3. The summed E-state index contributed by atoms with van der Waals surface area (Å²) in [6, 6.07) is 5.68. The molecule has 0 N–H and O–H groups in total. The molecule has 8 heteroatoms. The van der Waals surface area contributed by atoms with E-state index < -0.39 is 0 Å². The smallest absolute Gasteiger partial charge is 0.292 e. The molecule has 4 rings (SSSR count). The fraction of sp³-hybridized carbons (Fsp3) is 0.529. The molecule has 1 amide bonds. The van der Waals surface area contributed by atoms with Gasteiger partial charge in [-0.25, -0.2) is 0 Å². The third-order valence-electron chi connectivity index (χ3n) is 4.86. The molecule has 0 bridgehead atoms. The minimum Gasteiger partial charge on any atom is -0.355 e. The molecule has 0 unspecified atom stereocenters. The van der Waals surface area contributed by atoms with Gasteiger partial charge in [0.15, 0.2) is 11.6 Å². The molecular weight excluding hydrogens is 320 g/mol. The summed E-state index contributed by atoms with van der Waals surface area (Å²) in [5.74, 6) is 2.01. The van der Waals surface area contributed by atoms with Gasteiger partial charge in [-0.2, -0.15) is 0 Å². The van der Waals surface area contributed by atoms with E-state index in [1.165, 1.54) is 25.5 Å². The molecule has 2 saturated heterocycles. The highest BCUT2D eigenvalue weighted by Gasteiger charge is 2.25. The van der Waals surface area contributed by atoms with Crippen LogP contribution in [0.3, 0.4) is 0 Å². The minimum absolute atomic E-state index is 0.108. The van der Waals surface area contributed by atoms with Crippen LogP contribution in [0.2, 0.25) is 0 Å². The van der Waals surface area contributed by atoms with Gasteiger partial charge in [-0.15, -0.1) is 10.2 Å². The quantitative estimate of drug-likeness (QED) is 0.834. The fourth-order valence-electron chi connectivity index (χ4n) is 3.40. The lowest BCUT2D eigenvalue weighted by Crippen LogP contribution is -2.49. The van der Waals surface area contributed by atoms with Crippen LogP contribution in [0.15, 0.2) is 28.9 Å². The molecule has 25 heavy (non-hydrogen) atoms. The first-order valence-electron chi connectivity index (χ1n) is 8.85. The molecule has 2 aliphatic heterocycles. The van der Waals surface area contributed by atoms with E-state index in [1.807, 2.05) is 6.07 Å². The molecule has 2 aromatic heterocycles. The molecule has 0 aliphatic carbocycles. The highest BCUT2D eigenvalue weighted by Crippen LogP contribution is 2.20. The number of hydrogen-bond acceptors (Lipinski definition) is 7. The Bertz CT molecular complexity index is 688. The lowest BCUT2D eigenvalue weighted by atomic mass is 10.1. The van der Waals surface area contributed by atoms with Crippen LogP contribution in [-0.4, -0.2) is 65.4 Å². The SMILES string of the molecule is O=C(c1ccno1)N1CCN(c2ccc(N3CCCCC3)nn2)CC1. The fourth-order valence-corrected chi connectivity index (χ4v) is 3.40. The van der Waals surface area contributed by atoms with Crippen molar-refractivity contribution in [1.82, 2.24) is 20.3 Å². The summed E-state index contributed by atoms with van der Waals surface area (Å²) in [4.78, 5) is 18.5. The van der Waals surface area contributed by atoms with Crippen molar-refractivity contribution < 1.29 is 9.32 Å². The summed E-state index contributed by atoms with van der Waals surface area (Å²) >= 11 is 0. The highest BCUT2D eigenvalue weighted by atomic mass is 16.5. The number of amides is 1. The second-order valence-electron chi connectivity index (χ2n) is 6.45. The zero-order valence-corrected chi connectivity index (χ0v) is 14.2.